The van der Waals surface area contributed by atoms with Gasteiger partial charge in [0, 0.05) is 0 Å². The van der Waals surface area contributed by atoms with Gasteiger partial charge in [-0.05, 0) is 19.3 Å². The molecule has 2 aliphatic rings. The van der Waals surface area contributed by atoms with E-state index < -0.39 is 0 Å². The van der Waals surface area contributed by atoms with Crippen LogP contribution in [0.5, 0.6) is 0 Å². The Kier molecular flexibility index (Phi) is 10.8. The Bertz CT molecular complexity index is 173. The van der Waals surface area contributed by atoms with Gasteiger partial charge in [-0.2, -0.15) is 0 Å². The molecule has 0 atom stereocenters. The molecule has 2 rings (SSSR count). The van der Waals surface area contributed by atoms with E-state index in [1.807, 2.05) is 0 Å². The number of hydrogen-bond donors (Lipinski definition) is 0. The van der Waals surface area contributed by atoms with Crippen LogP contribution in [0.2, 0.25) is 0 Å². The van der Waals surface area contributed by atoms with Crippen molar-refractivity contribution in [3.05, 3.63) is 0 Å². The van der Waals surface area contributed by atoms with E-state index in [-0.39, 0.29) is 24.8 Å². The van der Waals surface area contributed by atoms with Gasteiger partial charge in [-0.15, -0.1) is 0 Å². The monoisotopic (exact) mass is 300 g/mol. The van der Waals surface area contributed by atoms with Gasteiger partial charge in [-0.1, -0.05) is 0 Å². The van der Waals surface area contributed by atoms with Crippen LogP contribution in [-0.2, 0) is 4.74 Å². The molecule has 0 spiro atoms. The third-order valence-corrected chi connectivity index (χ3v) is 3.71. The number of nitrogens with zero attached hydrogens (tertiary/aromatic N) is 2. The Labute approximate surface area is 125 Å². The van der Waals surface area contributed by atoms with Crippen LogP contribution in [0.1, 0.15) is 19.3 Å². The summed E-state index contributed by atoms with van der Waals surface area (Å²) in [5.41, 5.74) is 0. The molecule has 2 aliphatic heterocycles. The second-order valence-corrected chi connectivity index (χ2v) is 6.44. The van der Waals surface area contributed by atoms with Gasteiger partial charge in [0.15, 0.2) is 0 Å². The third-order valence-electron chi connectivity index (χ3n) is 3.71. The van der Waals surface area contributed by atoms with Crippen molar-refractivity contribution in [3.8, 4) is 0 Å². The van der Waals surface area contributed by atoms with Gasteiger partial charge in [0.05, 0.1) is 54.5 Å². The number of likely N-dealkylation sites (N-methyl/N-ethyl adjacent to an activating group) is 1. The van der Waals surface area contributed by atoms with Crippen LogP contribution in [0.15, 0.2) is 0 Å². The number of quaternary nitrogens is 2. The van der Waals surface area contributed by atoms with Gasteiger partial charge in [0.2, 0.25) is 0 Å². The van der Waals surface area contributed by atoms with E-state index in [0.717, 1.165) is 17.7 Å². The molecule has 0 aromatic carbocycles. The molecule has 0 aromatic heterocycles. The molecular formula is C13H30Cl2N2O. The Balaban J connectivity index is 0. The molecule has 2 saturated heterocycles. The summed E-state index contributed by atoms with van der Waals surface area (Å²) in [5.74, 6) is 0. The van der Waals surface area contributed by atoms with Crippen molar-refractivity contribution in [2.24, 2.45) is 0 Å². The Morgan fingerprint density at radius 2 is 1.00 bits per heavy atom. The zero-order chi connectivity index (χ0) is 12.1. The molecule has 5 heteroatoms. The van der Waals surface area contributed by atoms with Gasteiger partial charge >= 0.3 is 0 Å². The molecule has 0 amide bonds. The van der Waals surface area contributed by atoms with Crippen LogP contribution in [0, 0.1) is 0 Å². The first-order chi connectivity index (χ1) is 7.41. The number of rotatable bonds is 0. The Morgan fingerprint density at radius 3 is 1.22 bits per heavy atom. The summed E-state index contributed by atoms with van der Waals surface area (Å²) in [7, 11) is 9.11. The second-order valence-electron chi connectivity index (χ2n) is 6.44. The fourth-order valence-corrected chi connectivity index (χ4v) is 2.21. The molecule has 18 heavy (non-hydrogen) atoms. The molecule has 3 nitrogen and oxygen atoms in total. The first-order valence-electron chi connectivity index (χ1n) is 6.63. The largest absolute Gasteiger partial charge is 1.00 e. The highest BCUT2D eigenvalue weighted by atomic mass is 35.5. The summed E-state index contributed by atoms with van der Waals surface area (Å²) in [4.78, 5) is 0. The average Bonchev–Trinajstić information content (AvgIpc) is 2.17. The van der Waals surface area contributed by atoms with Gasteiger partial charge in [-0.25, -0.2) is 0 Å². The fraction of sp³-hybridized carbons (Fsp3) is 1.00. The first kappa shape index (κ1) is 20.8. The normalized spacial score (nSPS) is 24.7. The summed E-state index contributed by atoms with van der Waals surface area (Å²) >= 11 is 0. The predicted octanol–water partition coefficient (Wildman–Crippen LogP) is -4.65. The first-order valence-corrected chi connectivity index (χ1v) is 6.63. The number of halogens is 2. The van der Waals surface area contributed by atoms with Crippen molar-refractivity contribution >= 4 is 0 Å². The van der Waals surface area contributed by atoms with E-state index in [4.69, 9.17) is 4.74 Å². The van der Waals surface area contributed by atoms with Crippen molar-refractivity contribution in [1.29, 1.82) is 0 Å². The molecule has 0 aromatic rings. The topological polar surface area (TPSA) is 9.23 Å². The fourth-order valence-electron chi connectivity index (χ4n) is 2.21. The number of piperidine rings is 1. The maximum Gasteiger partial charge on any atom is 0.102 e. The minimum Gasteiger partial charge on any atom is -1.00 e. The van der Waals surface area contributed by atoms with Crippen LogP contribution in [0.25, 0.3) is 0 Å². The lowest BCUT2D eigenvalue weighted by atomic mass is 10.1. The summed E-state index contributed by atoms with van der Waals surface area (Å²) in [5, 5.41) is 0. The average molecular weight is 301 g/mol. The number of hydrogen-bond acceptors (Lipinski definition) is 1. The lowest BCUT2D eigenvalue weighted by Gasteiger charge is -2.33. The Morgan fingerprint density at radius 1 is 0.611 bits per heavy atom. The quantitative estimate of drug-likeness (QED) is 0.409. The SMILES string of the molecule is C[N+]1(C)CCCCC1.C[N+]1(C)CCOCC1.[Cl-].[Cl-]. The van der Waals surface area contributed by atoms with Crippen LogP contribution < -0.4 is 24.8 Å². The summed E-state index contributed by atoms with van der Waals surface area (Å²) in [6.45, 7) is 6.99. The van der Waals surface area contributed by atoms with Gasteiger partial charge in [-0.3, -0.25) is 0 Å². The van der Waals surface area contributed by atoms with Gasteiger partial charge in [0.1, 0.15) is 13.1 Å². The van der Waals surface area contributed by atoms with E-state index in [1.165, 1.54) is 49.9 Å². The smallest absolute Gasteiger partial charge is 0.102 e. The van der Waals surface area contributed by atoms with E-state index in [2.05, 4.69) is 28.2 Å². The third kappa shape index (κ3) is 9.40. The van der Waals surface area contributed by atoms with Crippen LogP contribution >= 0.6 is 0 Å². The van der Waals surface area contributed by atoms with Gasteiger partial charge < -0.3 is 38.5 Å². The lowest BCUT2D eigenvalue weighted by Crippen LogP contribution is -3.00. The van der Waals surface area contributed by atoms with E-state index in [9.17, 15) is 0 Å². The number of ether oxygens (including phenoxy) is 1. The zero-order valence-corrected chi connectivity index (χ0v) is 13.9. The van der Waals surface area contributed by atoms with Crippen molar-refractivity contribution in [3.63, 3.8) is 0 Å². The number of likely N-dealkylation sites (tertiary alicyclic amines) is 1. The summed E-state index contributed by atoms with van der Waals surface area (Å²) in [6, 6.07) is 0. The highest BCUT2D eigenvalue weighted by Gasteiger charge is 2.18. The molecular weight excluding hydrogens is 271 g/mol. The maximum atomic E-state index is 5.19. The minimum absolute atomic E-state index is 0. The predicted molar refractivity (Wildman–Crippen MR) is 68.4 cm³/mol. The lowest BCUT2D eigenvalue weighted by molar-refractivity contribution is -0.898. The van der Waals surface area contributed by atoms with Crippen molar-refractivity contribution in [2.75, 3.05) is 67.6 Å². The molecule has 0 aliphatic carbocycles. The minimum atomic E-state index is 0. The van der Waals surface area contributed by atoms with Crippen LogP contribution in [-0.4, -0.2) is 76.5 Å². The van der Waals surface area contributed by atoms with Gasteiger partial charge in [0.25, 0.3) is 0 Å². The zero-order valence-electron chi connectivity index (χ0n) is 12.4. The van der Waals surface area contributed by atoms with Crippen molar-refractivity contribution in [1.82, 2.24) is 0 Å². The Hall–Kier alpha value is 0.460. The standard InChI is InChI=1S/C7H16N.C6H14NO.2ClH/c1-8(2)6-4-3-5-7-8;1-7(2)3-5-8-6-4-7;;/h3-7H2,1-2H3;3-6H2,1-2H3;2*1H/q2*+1;;/p-2. The highest BCUT2D eigenvalue weighted by molar-refractivity contribution is 4.47. The van der Waals surface area contributed by atoms with Crippen molar-refractivity contribution < 1.29 is 38.5 Å². The van der Waals surface area contributed by atoms with Crippen LogP contribution in [0.3, 0.4) is 0 Å². The van der Waals surface area contributed by atoms with Crippen LogP contribution in [0.4, 0.5) is 0 Å². The maximum absolute atomic E-state index is 5.19. The molecule has 112 valence electrons. The molecule has 2 fully saturated rings. The highest BCUT2D eigenvalue weighted by Crippen LogP contribution is 2.12. The molecule has 0 unspecified atom stereocenters. The molecule has 0 radical (unpaired) electrons. The second kappa shape index (κ2) is 9.38. The number of morpholine rings is 1. The van der Waals surface area contributed by atoms with Crippen molar-refractivity contribution in [2.45, 2.75) is 19.3 Å². The molecule has 2 heterocycles. The summed E-state index contributed by atoms with van der Waals surface area (Å²) in [6.07, 6.45) is 4.34. The van der Waals surface area contributed by atoms with E-state index >= 15 is 0 Å². The summed E-state index contributed by atoms with van der Waals surface area (Å²) < 4.78 is 7.56. The van der Waals surface area contributed by atoms with E-state index in [1.54, 1.807) is 0 Å². The molecule has 0 bridgehead atoms. The molecule has 0 N–H and O–H groups in total. The van der Waals surface area contributed by atoms with E-state index in [0.29, 0.717) is 0 Å². The molecule has 0 saturated carbocycles.